The summed E-state index contributed by atoms with van der Waals surface area (Å²) in [7, 11) is 0. The van der Waals surface area contributed by atoms with Gasteiger partial charge in [0.15, 0.2) is 0 Å². The maximum atomic E-state index is 13.2. The smallest absolute Gasteiger partial charge is 0.306 e. The van der Waals surface area contributed by atoms with Gasteiger partial charge in [0.25, 0.3) is 0 Å². The van der Waals surface area contributed by atoms with Gasteiger partial charge in [-0.05, 0) is 57.8 Å². The van der Waals surface area contributed by atoms with Gasteiger partial charge in [0.1, 0.15) is 6.10 Å². The number of aliphatic hydroxyl groups excluding tert-OH is 2. The molecule has 0 saturated carbocycles. The maximum absolute atomic E-state index is 13.2. The van der Waals surface area contributed by atoms with E-state index in [-0.39, 0.29) is 24.9 Å². The van der Waals surface area contributed by atoms with E-state index in [0.717, 1.165) is 70.6 Å². The number of allylic oxidation sites excluding steroid dienone is 6. The Bertz CT molecular complexity index is 961. The molecule has 3 atom stereocenters. The Balaban J connectivity index is 4.54. The van der Waals surface area contributed by atoms with Crippen LogP contribution in [0.1, 0.15) is 258 Å². The number of ether oxygens (including phenoxy) is 1. The monoisotopic (exact) mass is 816 g/mol. The molecule has 0 aromatic heterocycles. The van der Waals surface area contributed by atoms with Crippen molar-refractivity contribution in [2.75, 3.05) is 6.61 Å². The molecule has 1 amide bonds. The van der Waals surface area contributed by atoms with Crippen molar-refractivity contribution in [3.8, 4) is 0 Å². The van der Waals surface area contributed by atoms with Gasteiger partial charge in [-0.2, -0.15) is 0 Å². The van der Waals surface area contributed by atoms with Crippen molar-refractivity contribution < 1.29 is 24.5 Å². The molecule has 3 unspecified atom stereocenters. The Hall–Kier alpha value is -1.92. The van der Waals surface area contributed by atoms with Crippen LogP contribution in [-0.2, 0) is 14.3 Å². The molecule has 0 aliphatic rings. The summed E-state index contributed by atoms with van der Waals surface area (Å²) < 4.78 is 5.92. The molecule has 340 valence electrons. The first-order chi connectivity index (χ1) is 28.5. The van der Waals surface area contributed by atoms with Gasteiger partial charge in [-0.25, -0.2) is 0 Å². The van der Waals surface area contributed by atoms with Crippen LogP contribution in [0.25, 0.3) is 0 Å². The van der Waals surface area contributed by atoms with Crippen LogP contribution in [0.5, 0.6) is 0 Å². The van der Waals surface area contributed by atoms with E-state index in [1.54, 1.807) is 0 Å². The van der Waals surface area contributed by atoms with Crippen LogP contribution in [0.4, 0.5) is 0 Å². The molecule has 0 aromatic rings. The molecule has 0 heterocycles. The van der Waals surface area contributed by atoms with Gasteiger partial charge in [0.2, 0.25) is 5.91 Å². The highest BCUT2D eigenvalue weighted by molar-refractivity contribution is 5.77. The minimum absolute atomic E-state index is 0.0758. The molecule has 0 aliphatic carbocycles. The molecule has 0 aromatic carbocycles. The lowest BCUT2D eigenvalue weighted by Crippen LogP contribution is -2.46. The van der Waals surface area contributed by atoms with Gasteiger partial charge >= 0.3 is 5.97 Å². The van der Waals surface area contributed by atoms with E-state index >= 15 is 0 Å². The Morgan fingerprint density at radius 1 is 0.517 bits per heavy atom. The van der Waals surface area contributed by atoms with Crippen molar-refractivity contribution in [3.63, 3.8) is 0 Å². The van der Waals surface area contributed by atoms with Crippen LogP contribution >= 0.6 is 0 Å². The van der Waals surface area contributed by atoms with Crippen LogP contribution in [0.2, 0.25) is 0 Å². The fraction of sp³-hybridized carbons (Fsp3) is 0.846. The third-order valence-electron chi connectivity index (χ3n) is 11.5. The molecule has 0 saturated heterocycles. The van der Waals surface area contributed by atoms with E-state index in [0.29, 0.717) is 19.3 Å². The summed E-state index contributed by atoms with van der Waals surface area (Å²) in [4.78, 5) is 26.1. The van der Waals surface area contributed by atoms with Gasteiger partial charge in [0, 0.05) is 6.42 Å². The summed E-state index contributed by atoms with van der Waals surface area (Å²) >= 11 is 0. The molecule has 58 heavy (non-hydrogen) atoms. The molecular weight excluding hydrogens is 719 g/mol. The summed E-state index contributed by atoms with van der Waals surface area (Å²) in [5.74, 6) is -0.480. The molecule has 0 aliphatic heterocycles. The number of aliphatic hydroxyl groups is 2. The molecule has 0 bridgehead atoms. The molecule has 0 radical (unpaired) electrons. The minimum atomic E-state index is -0.786. The molecule has 0 fully saturated rings. The first-order valence-electron chi connectivity index (χ1n) is 25.2. The lowest BCUT2D eigenvalue weighted by Gasteiger charge is -2.24. The Morgan fingerprint density at radius 3 is 1.41 bits per heavy atom. The number of unbranched alkanes of at least 4 members (excludes halogenated alkanes) is 27. The zero-order valence-corrected chi connectivity index (χ0v) is 38.7. The van der Waals surface area contributed by atoms with Crippen molar-refractivity contribution in [3.05, 3.63) is 36.5 Å². The Kier molecular flexibility index (Phi) is 44.6. The first-order valence-corrected chi connectivity index (χ1v) is 25.2. The zero-order valence-electron chi connectivity index (χ0n) is 38.7. The number of amides is 1. The van der Waals surface area contributed by atoms with Crippen LogP contribution in [0.15, 0.2) is 36.5 Å². The number of carbonyl (C=O) groups is 2. The van der Waals surface area contributed by atoms with E-state index in [2.05, 4.69) is 62.5 Å². The summed E-state index contributed by atoms with van der Waals surface area (Å²) in [6.07, 6.45) is 53.4. The Morgan fingerprint density at radius 2 is 0.931 bits per heavy atom. The predicted octanol–water partition coefficient (Wildman–Crippen LogP) is 14.9. The van der Waals surface area contributed by atoms with Crippen LogP contribution in [0.3, 0.4) is 0 Å². The van der Waals surface area contributed by atoms with Crippen molar-refractivity contribution in [1.82, 2.24) is 5.32 Å². The number of nitrogens with one attached hydrogen (secondary N) is 1. The maximum Gasteiger partial charge on any atom is 0.306 e. The van der Waals surface area contributed by atoms with Gasteiger partial charge < -0.3 is 20.3 Å². The second-order valence-corrected chi connectivity index (χ2v) is 17.2. The van der Waals surface area contributed by atoms with E-state index in [1.165, 1.54) is 141 Å². The third-order valence-corrected chi connectivity index (χ3v) is 11.5. The number of hydrogen-bond acceptors (Lipinski definition) is 5. The van der Waals surface area contributed by atoms with E-state index < -0.39 is 18.2 Å². The normalized spacial score (nSPS) is 13.5. The van der Waals surface area contributed by atoms with Crippen molar-refractivity contribution >= 4 is 11.9 Å². The second kappa shape index (κ2) is 46.2. The molecule has 0 spiro atoms. The second-order valence-electron chi connectivity index (χ2n) is 17.2. The first kappa shape index (κ1) is 56.1. The van der Waals surface area contributed by atoms with Crippen LogP contribution in [0, 0.1) is 0 Å². The molecule has 6 heteroatoms. The van der Waals surface area contributed by atoms with E-state index in [1.807, 2.05) is 0 Å². The van der Waals surface area contributed by atoms with Crippen molar-refractivity contribution in [2.45, 2.75) is 277 Å². The number of rotatable bonds is 45. The fourth-order valence-corrected chi connectivity index (χ4v) is 7.68. The average Bonchev–Trinajstić information content (AvgIpc) is 3.22. The third kappa shape index (κ3) is 40.8. The molecule has 0 rings (SSSR count). The zero-order chi connectivity index (χ0) is 42.4. The van der Waals surface area contributed by atoms with E-state index in [9.17, 15) is 19.8 Å². The summed E-state index contributed by atoms with van der Waals surface area (Å²) in [6, 6.07) is -0.699. The largest absolute Gasteiger partial charge is 0.462 e. The average molecular weight is 816 g/mol. The van der Waals surface area contributed by atoms with Crippen LogP contribution in [-0.4, -0.2) is 46.9 Å². The standard InChI is InChI=1S/C52H97NO5/c1-4-7-10-13-16-19-22-24-25-26-27-30-33-36-39-42-45-52(57)58-48(43-40-37-34-31-28-21-18-15-12-9-6-3)46-51(56)53-49(47-54)50(55)44-41-38-35-32-29-23-20-17-14-11-8-5-2/h7,10,16,19,24-25,48-50,54-55H,4-6,8-9,11-15,17-18,20-23,26-47H2,1-3H3,(H,53,56)/b10-7+,19-16+,25-24+. The van der Waals surface area contributed by atoms with Gasteiger partial charge in [-0.3, -0.25) is 9.59 Å². The topological polar surface area (TPSA) is 95.9 Å². The summed E-state index contributed by atoms with van der Waals surface area (Å²) in [6.45, 7) is 6.37. The quantitative estimate of drug-likeness (QED) is 0.0323. The highest BCUT2D eigenvalue weighted by Gasteiger charge is 2.24. The highest BCUT2D eigenvalue weighted by Crippen LogP contribution is 2.18. The molecule has 3 N–H and O–H groups in total. The number of hydrogen-bond donors (Lipinski definition) is 3. The van der Waals surface area contributed by atoms with Gasteiger partial charge in [0.05, 0.1) is 25.2 Å². The predicted molar refractivity (Wildman–Crippen MR) is 250 cm³/mol. The van der Waals surface area contributed by atoms with Gasteiger partial charge in [-0.1, -0.05) is 224 Å². The highest BCUT2D eigenvalue weighted by atomic mass is 16.5. The fourth-order valence-electron chi connectivity index (χ4n) is 7.68. The number of esters is 1. The van der Waals surface area contributed by atoms with Crippen molar-refractivity contribution in [1.29, 1.82) is 0 Å². The van der Waals surface area contributed by atoms with E-state index in [4.69, 9.17) is 4.74 Å². The van der Waals surface area contributed by atoms with Crippen LogP contribution < -0.4 is 5.32 Å². The lowest BCUT2D eigenvalue weighted by molar-refractivity contribution is -0.151. The van der Waals surface area contributed by atoms with Gasteiger partial charge in [-0.15, -0.1) is 0 Å². The summed E-state index contributed by atoms with van der Waals surface area (Å²) in [5.41, 5.74) is 0. The molecule has 6 nitrogen and oxygen atoms in total. The SMILES string of the molecule is CC/C=C/C/C=C/C/C=C/CCCCCCCCC(=O)OC(CCCCCCCCCCCCC)CC(=O)NC(CO)C(O)CCCCCCCCCCCCCC. The summed E-state index contributed by atoms with van der Waals surface area (Å²) in [5, 5.41) is 23.7. The number of carbonyl (C=O) groups excluding carboxylic acids is 2. The lowest BCUT2D eigenvalue weighted by atomic mass is 10.0. The Labute approximate surface area is 360 Å². The van der Waals surface area contributed by atoms with Crippen molar-refractivity contribution in [2.24, 2.45) is 0 Å². The minimum Gasteiger partial charge on any atom is -0.462 e. The molecular formula is C52H97NO5.